The van der Waals surface area contributed by atoms with Crippen LogP contribution in [0.2, 0.25) is 0 Å². The van der Waals surface area contributed by atoms with E-state index in [1.54, 1.807) is 11.3 Å². The zero-order valence-corrected chi connectivity index (χ0v) is 13.8. The van der Waals surface area contributed by atoms with Crippen molar-refractivity contribution in [3.8, 4) is 0 Å². The summed E-state index contributed by atoms with van der Waals surface area (Å²) in [5.41, 5.74) is 0.567. The lowest BCUT2D eigenvalue weighted by Crippen LogP contribution is -2.44. The summed E-state index contributed by atoms with van der Waals surface area (Å²) in [5, 5.41) is 9.23. The first-order valence-corrected chi connectivity index (χ1v) is 8.69. The van der Waals surface area contributed by atoms with Gasteiger partial charge in [0.05, 0.1) is 5.01 Å². The monoisotopic (exact) mass is 310 g/mol. The number of nitrogens with zero attached hydrogens (tertiary/aromatic N) is 2. The molecule has 0 radical (unpaired) electrons. The van der Waals surface area contributed by atoms with E-state index in [1.807, 2.05) is 5.38 Å². The van der Waals surface area contributed by atoms with Crippen LogP contribution >= 0.6 is 11.3 Å². The number of nitrogens with one attached hydrogen (secondary N) is 2. The lowest BCUT2D eigenvalue weighted by Gasteiger charge is -2.26. The van der Waals surface area contributed by atoms with Crippen molar-refractivity contribution in [3.63, 3.8) is 0 Å². The SMILES string of the molecule is CC(C)Cc1nc(C(=O)NCCCN2CCNCC2)cs1. The molecule has 1 aromatic heterocycles. The molecule has 1 saturated heterocycles. The van der Waals surface area contributed by atoms with Crippen LogP contribution in [0.1, 0.15) is 35.8 Å². The van der Waals surface area contributed by atoms with Crippen molar-refractivity contribution in [3.05, 3.63) is 16.1 Å². The maximum atomic E-state index is 12.0. The molecule has 0 aliphatic carbocycles. The Bertz CT molecular complexity index is 441. The van der Waals surface area contributed by atoms with Gasteiger partial charge in [-0.3, -0.25) is 4.79 Å². The van der Waals surface area contributed by atoms with Crippen molar-refractivity contribution >= 4 is 17.2 Å². The Hall–Kier alpha value is -0.980. The maximum absolute atomic E-state index is 12.0. The van der Waals surface area contributed by atoms with Gasteiger partial charge < -0.3 is 15.5 Å². The molecular weight excluding hydrogens is 284 g/mol. The summed E-state index contributed by atoms with van der Waals surface area (Å²) in [6.07, 6.45) is 1.94. The number of hydrogen-bond donors (Lipinski definition) is 2. The van der Waals surface area contributed by atoms with E-state index in [0.29, 0.717) is 11.6 Å². The van der Waals surface area contributed by atoms with E-state index in [-0.39, 0.29) is 5.91 Å². The molecule has 0 atom stereocenters. The van der Waals surface area contributed by atoms with E-state index >= 15 is 0 Å². The molecule has 1 aromatic rings. The van der Waals surface area contributed by atoms with Gasteiger partial charge in [0.25, 0.3) is 5.91 Å². The van der Waals surface area contributed by atoms with Gasteiger partial charge in [0.1, 0.15) is 5.69 Å². The Morgan fingerprint density at radius 1 is 1.48 bits per heavy atom. The van der Waals surface area contributed by atoms with Gasteiger partial charge in [-0.05, 0) is 18.9 Å². The third-order valence-corrected chi connectivity index (χ3v) is 4.38. The Kier molecular flexibility index (Phi) is 6.60. The van der Waals surface area contributed by atoms with Crippen molar-refractivity contribution in [1.29, 1.82) is 0 Å². The van der Waals surface area contributed by atoms with Crippen molar-refractivity contribution in [2.75, 3.05) is 39.3 Å². The van der Waals surface area contributed by atoms with Crippen molar-refractivity contribution in [2.24, 2.45) is 5.92 Å². The van der Waals surface area contributed by atoms with Crippen LogP contribution in [0.15, 0.2) is 5.38 Å². The Morgan fingerprint density at radius 2 is 2.24 bits per heavy atom. The molecule has 2 heterocycles. The minimum absolute atomic E-state index is 0.0402. The third kappa shape index (κ3) is 5.73. The number of aromatic nitrogens is 1. The lowest BCUT2D eigenvalue weighted by atomic mass is 10.1. The molecule has 2 rings (SSSR count). The third-order valence-electron chi connectivity index (χ3n) is 3.51. The molecule has 0 spiro atoms. The zero-order valence-electron chi connectivity index (χ0n) is 13.0. The summed E-state index contributed by atoms with van der Waals surface area (Å²) >= 11 is 1.58. The number of thiazole rings is 1. The molecule has 1 aliphatic heterocycles. The molecule has 5 nitrogen and oxygen atoms in total. The van der Waals surface area contributed by atoms with Gasteiger partial charge in [0.2, 0.25) is 0 Å². The summed E-state index contributed by atoms with van der Waals surface area (Å²) in [6.45, 7) is 10.5. The maximum Gasteiger partial charge on any atom is 0.270 e. The zero-order chi connectivity index (χ0) is 15.1. The standard InChI is InChI=1S/C15H26N4OS/c1-12(2)10-14-18-13(11-21-14)15(20)17-4-3-7-19-8-5-16-6-9-19/h11-12,16H,3-10H2,1-2H3,(H,17,20). The summed E-state index contributed by atoms with van der Waals surface area (Å²) in [4.78, 5) is 18.8. The predicted octanol–water partition coefficient (Wildman–Crippen LogP) is 1.37. The summed E-state index contributed by atoms with van der Waals surface area (Å²) in [6, 6.07) is 0. The van der Waals surface area contributed by atoms with Crippen molar-refractivity contribution in [2.45, 2.75) is 26.7 Å². The summed E-state index contributed by atoms with van der Waals surface area (Å²) < 4.78 is 0. The van der Waals surface area contributed by atoms with E-state index in [4.69, 9.17) is 0 Å². The molecule has 6 heteroatoms. The molecule has 118 valence electrons. The fraction of sp³-hybridized carbons (Fsp3) is 0.733. The van der Waals surface area contributed by atoms with E-state index in [2.05, 4.69) is 34.4 Å². The highest BCUT2D eigenvalue weighted by molar-refractivity contribution is 7.09. The van der Waals surface area contributed by atoms with Crippen LogP contribution in [0.3, 0.4) is 0 Å². The van der Waals surface area contributed by atoms with Gasteiger partial charge in [0.15, 0.2) is 0 Å². The normalized spacial score (nSPS) is 16.3. The molecule has 21 heavy (non-hydrogen) atoms. The van der Waals surface area contributed by atoms with Gasteiger partial charge in [-0.15, -0.1) is 11.3 Å². The van der Waals surface area contributed by atoms with Crippen LogP contribution in [-0.2, 0) is 6.42 Å². The molecule has 1 fully saturated rings. The molecular formula is C15H26N4OS. The smallest absolute Gasteiger partial charge is 0.270 e. The molecule has 1 amide bonds. The topological polar surface area (TPSA) is 57.3 Å². The highest BCUT2D eigenvalue weighted by Gasteiger charge is 2.12. The molecule has 0 unspecified atom stereocenters. The Balaban J connectivity index is 1.65. The van der Waals surface area contributed by atoms with Crippen LogP contribution in [-0.4, -0.2) is 55.1 Å². The fourth-order valence-corrected chi connectivity index (χ4v) is 3.38. The second kappa shape index (κ2) is 8.46. The van der Waals surface area contributed by atoms with Crippen LogP contribution < -0.4 is 10.6 Å². The second-order valence-electron chi connectivity index (χ2n) is 5.93. The number of piperazine rings is 1. The van der Waals surface area contributed by atoms with Crippen molar-refractivity contribution in [1.82, 2.24) is 20.5 Å². The quantitative estimate of drug-likeness (QED) is 0.747. The van der Waals surface area contributed by atoms with Crippen LogP contribution in [0.5, 0.6) is 0 Å². The highest BCUT2D eigenvalue weighted by Crippen LogP contribution is 2.14. The van der Waals surface area contributed by atoms with Crippen molar-refractivity contribution < 1.29 is 4.79 Å². The van der Waals surface area contributed by atoms with Crippen LogP contribution in [0.25, 0.3) is 0 Å². The molecule has 2 N–H and O–H groups in total. The van der Waals surface area contributed by atoms with Gasteiger partial charge in [-0.1, -0.05) is 13.8 Å². The van der Waals surface area contributed by atoms with Gasteiger partial charge in [0, 0.05) is 44.5 Å². The van der Waals surface area contributed by atoms with Gasteiger partial charge in [-0.25, -0.2) is 4.98 Å². The second-order valence-corrected chi connectivity index (χ2v) is 6.87. The molecule has 1 aliphatic rings. The minimum Gasteiger partial charge on any atom is -0.351 e. The number of carbonyl (C=O) groups excluding carboxylic acids is 1. The van der Waals surface area contributed by atoms with E-state index in [0.717, 1.165) is 57.1 Å². The fourth-order valence-electron chi connectivity index (χ4n) is 2.39. The van der Waals surface area contributed by atoms with Crippen LogP contribution in [0.4, 0.5) is 0 Å². The van der Waals surface area contributed by atoms with Gasteiger partial charge >= 0.3 is 0 Å². The average molecular weight is 310 g/mol. The van der Waals surface area contributed by atoms with Crippen LogP contribution in [0, 0.1) is 5.92 Å². The average Bonchev–Trinajstić information content (AvgIpc) is 2.92. The van der Waals surface area contributed by atoms with Gasteiger partial charge in [-0.2, -0.15) is 0 Å². The minimum atomic E-state index is -0.0402. The number of hydrogen-bond acceptors (Lipinski definition) is 5. The van der Waals surface area contributed by atoms with E-state index in [1.165, 1.54) is 0 Å². The number of amides is 1. The Labute approximate surface area is 131 Å². The number of rotatable bonds is 7. The highest BCUT2D eigenvalue weighted by atomic mass is 32.1. The Morgan fingerprint density at radius 3 is 2.95 bits per heavy atom. The molecule has 0 saturated carbocycles. The molecule has 0 bridgehead atoms. The molecule has 0 aromatic carbocycles. The summed E-state index contributed by atoms with van der Waals surface area (Å²) in [5.74, 6) is 0.535. The first-order valence-electron chi connectivity index (χ1n) is 7.81. The summed E-state index contributed by atoms with van der Waals surface area (Å²) in [7, 11) is 0. The van der Waals surface area contributed by atoms with E-state index in [9.17, 15) is 4.79 Å². The van der Waals surface area contributed by atoms with E-state index < -0.39 is 0 Å². The first kappa shape index (κ1) is 16.4. The predicted molar refractivity (Wildman–Crippen MR) is 86.9 cm³/mol. The largest absolute Gasteiger partial charge is 0.351 e. The first-order chi connectivity index (χ1) is 10.1. The number of carbonyl (C=O) groups is 1. The lowest BCUT2D eigenvalue weighted by molar-refractivity contribution is 0.0946.